The van der Waals surface area contributed by atoms with Crippen molar-refractivity contribution in [3.63, 3.8) is 0 Å². The van der Waals surface area contributed by atoms with E-state index < -0.39 is 17.8 Å². The maximum absolute atomic E-state index is 13.7. The van der Waals surface area contributed by atoms with Crippen LogP contribution in [0.25, 0.3) is 0 Å². The number of likely N-dealkylation sites (tertiary alicyclic amines) is 1. The maximum atomic E-state index is 13.7. The normalized spacial score (nSPS) is 18.0. The molecule has 1 unspecified atom stereocenters. The Labute approximate surface area is 165 Å². The highest BCUT2D eigenvalue weighted by molar-refractivity contribution is 5.69. The Morgan fingerprint density at radius 2 is 1.71 bits per heavy atom. The molecule has 1 fully saturated rings. The number of esters is 1. The van der Waals surface area contributed by atoms with Crippen molar-refractivity contribution in [3.05, 3.63) is 29.8 Å². The molecule has 0 aromatic heterocycles. The molecule has 0 radical (unpaired) electrons. The molecule has 1 saturated heterocycles. The minimum atomic E-state index is -4.35. The van der Waals surface area contributed by atoms with Gasteiger partial charge in [-0.25, -0.2) is 0 Å². The summed E-state index contributed by atoms with van der Waals surface area (Å²) in [7, 11) is 1.48. The van der Waals surface area contributed by atoms with Crippen LogP contribution in [0.15, 0.2) is 24.3 Å². The van der Waals surface area contributed by atoms with E-state index in [-0.39, 0.29) is 17.5 Å². The van der Waals surface area contributed by atoms with Crippen molar-refractivity contribution < 1.29 is 27.4 Å². The predicted octanol–water partition coefficient (Wildman–Crippen LogP) is 5.13. The molecule has 1 aliphatic rings. The second-order valence-electron chi connectivity index (χ2n) is 8.32. The Bertz CT molecular complexity index is 630. The largest absolute Gasteiger partial charge is 0.497 e. The monoisotopic (exact) mass is 401 g/mol. The fraction of sp³-hybridized carbons (Fsp3) is 0.667. The van der Waals surface area contributed by atoms with Gasteiger partial charge in [-0.3, -0.25) is 9.69 Å². The number of nitrogens with zero attached hydrogens (tertiary/aromatic N) is 1. The molecule has 1 aromatic rings. The maximum Gasteiger partial charge on any atom is 0.408 e. The zero-order valence-corrected chi connectivity index (χ0v) is 17.0. The molecule has 0 bridgehead atoms. The Morgan fingerprint density at radius 1 is 1.14 bits per heavy atom. The third-order valence-corrected chi connectivity index (χ3v) is 4.93. The summed E-state index contributed by atoms with van der Waals surface area (Å²) < 4.78 is 51.6. The topological polar surface area (TPSA) is 38.8 Å². The number of methoxy groups -OCH3 is 1. The lowest BCUT2D eigenvalue weighted by molar-refractivity contribution is -0.190. The molecule has 0 amide bonds. The molecule has 7 heteroatoms. The quantitative estimate of drug-likeness (QED) is 0.620. The van der Waals surface area contributed by atoms with Gasteiger partial charge in [0, 0.05) is 6.42 Å². The van der Waals surface area contributed by atoms with Crippen molar-refractivity contribution in [1.29, 1.82) is 0 Å². The summed E-state index contributed by atoms with van der Waals surface area (Å²) in [5.41, 5.74) is -0.292. The van der Waals surface area contributed by atoms with Gasteiger partial charge in [0.15, 0.2) is 0 Å². The first-order chi connectivity index (χ1) is 13.0. The molecule has 0 N–H and O–H groups in total. The van der Waals surface area contributed by atoms with Crippen LogP contribution in [0.1, 0.15) is 58.1 Å². The summed E-state index contributed by atoms with van der Waals surface area (Å²) in [6, 6.07) is 4.45. The van der Waals surface area contributed by atoms with Gasteiger partial charge in [0.1, 0.15) is 17.4 Å². The number of carbonyl (C=O) groups excluding carboxylic acids is 1. The number of hydrogen-bond donors (Lipinski definition) is 0. The van der Waals surface area contributed by atoms with Gasteiger partial charge in [0.05, 0.1) is 7.11 Å². The molecule has 1 aliphatic heterocycles. The van der Waals surface area contributed by atoms with E-state index in [2.05, 4.69) is 0 Å². The van der Waals surface area contributed by atoms with Crippen molar-refractivity contribution in [2.75, 3.05) is 20.2 Å². The first-order valence-electron chi connectivity index (χ1n) is 9.66. The van der Waals surface area contributed by atoms with Crippen LogP contribution in [-0.2, 0) is 9.53 Å². The van der Waals surface area contributed by atoms with Gasteiger partial charge < -0.3 is 9.47 Å². The SMILES string of the molecule is COc1ccc(C(N2CCC(CCC(=O)OC(C)(C)C)CC2)C(F)(F)F)cc1. The fourth-order valence-electron chi connectivity index (χ4n) is 3.61. The third kappa shape index (κ3) is 6.69. The summed E-state index contributed by atoms with van der Waals surface area (Å²) in [5, 5.41) is 0. The molecule has 1 aromatic carbocycles. The van der Waals surface area contributed by atoms with Crippen molar-refractivity contribution >= 4 is 5.97 Å². The lowest BCUT2D eigenvalue weighted by Gasteiger charge is -2.38. The molecule has 0 saturated carbocycles. The van der Waals surface area contributed by atoms with Crippen LogP contribution in [0.3, 0.4) is 0 Å². The molecule has 28 heavy (non-hydrogen) atoms. The van der Waals surface area contributed by atoms with Crippen molar-refractivity contribution in [2.45, 2.75) is 64.3 Å². The van der Waals surface area contributed by atoms with Crippen LogP contribution in [0.5, 0.6) is 5.75 Å². The first-order valence-corrected chi connectivity index (χ1v) is 9.66. The Balaban J connectivity index is 1.93. The number of hydrogen-bond acceptors (Lipinski definition) is 4. The van der Waals surface area contributed by atoms with Crippen LogP contribution < -0.4 is 4.74 Å². The second kappa shape index (κ2) is 9.16. The summed E-state index contributed by atoms with van der Waals surface area (Å²) in [6.45, 7) is 6.17. The Kier molecular flexibility index (Phi) is 7.37. The zero-order chi connectivity index (χ0) is 20.9. The van der Waals surface area contributed by atoms with E-state index in [1.807, 2.05) is 20.8 Å². The summed E-state index contributed by atoms with van der Waals surface area (Å²) in [6.07, 6.45) is -2.10. The van der Waals surface area contributed by atoms with Crippen LogP contribution >= 0.6 is 0 Å². The molecular weight excluding hydrogens is 371 g/mol. The van der Waals surface area contributed by atoms with Crippen LogP contribution in [-0.4, -0.2) is 42.8 Å². The number of alkyl halides is 3. The highest BCUT2D eigenvalue weighted by atomic mass is 19.4. The van der Waals surface area contributed by atoms with Crippen molar-refractivity contribution in [2.24, 2.45) is 5.92 Å². The zero-order valence-electron chi connectivity index (χ0n) is 17.0. The number of rotatable bonds is 6. The molecule has 4 nitrogen and oxygen atoms in total. The average molecular weight is 401 g/mol. The Morgan fingerprint density at radius 3 is 2.18 bits per heavy atom. The van der Waals surface area contributed by atoms with Gasteiger partial charge in [0.2, 0.25) is 0 Å². The fourth-order valence-corrected chi connectivity index (χ4v) is 3.61. The average Bonchev–Trinajstić information content (AvgIpc) is 2.59. The molecule has 2 rings (SSSR count). The van der Waals surface area contributed by atoms with Crippen LogP contribution in [0.4, 0.5) is 13.2 Å². The van der Waals surface area contributed by atoms with E-state index in [4.69, 9.17) is 9.47 Å². The van der Waals surface area contributed by atoms with Gasteiger partial charge in [-0.05, 0) is 76.7 Å². The van der Waals surface area contributed by atoms with Gasteiger partial charge in [-0.2, -0.15) is 13.2 Å². The van der Waals surface area contributed by atoms with Crippen molar-refractivity contribution in [1.82, 2.24) is 4.90 Å². The lowest BCUT2D eigenvalue weighted by atomic mass is 9.90. The highest BCUT2D eigenvalue weighted by Gasteiger charge is 2.45. The van der Waals surface area contributed by atoms with Gasteiger partial charge in [0.25, 0.3) is 0 Å². The summed E-state index contributed by atoms with van der Waals surface area (Å²) in [4.78, 5) is 13.3. The minimum Gasteiger partial charge on any atom is -0.497 e. The van der Waals surface area contributed by atoms with E-state index in [0.29, 0.717) is 44.5 Å². The van der Waals surface area contributed by atoms with E-state index in [0.717, 1.165) is 0 Å². The number of piperidine rings is 1. The summed E-state index contributed by atoms with van der Waals surface area (Å²) in [5.74, 6) is 0.528. The molecule has 1 atom stereocenters. The number of halogens is 3. The van der Waals surface area contributed by atoms with E-state index in [1.54, 1.807) is 12.1 Å². The van der Waals surface area contributed by atoms with Crippen LogP contribution in [0.2, 0.25) is 0 Å². The van der Waals surface area contributed by atoms with E-state index >= 15 is 0 Å². The lowest BCUT2D eigenvalue weighted by Crippen LogP contribution is -2.43. The third-order valence-electron chi connectivity index (χ3n) is 4.93. The molecular formula is C21H30F3NO3. The minimum absolute atomic E-state index is 0.223. The van der Waals surface area contributed by atoms with Gasteiger partial charge in [-0.1, -0.05) is 12.1 Å². The number of ether oxygens (including phenoxy) is 2. The molecule has 158 valence electrons. The Hall–Kier alpha value is -1.76. The van der Waals surface area contributed by atoms with E-state index in [1.165, 1.54) is 24.1 Å². The second-order valence-corrected chi connectivity index (χ2v) is 8.32. The number of carbonyl (C=O) groups is 1. The van der Waals surface area contributed by atoms with Crippen LogP contribution in [0, 0.1) is 5.92 Å². The van der Waals surface area contributed by atoms with Gasteiger partial charge in [-0.15, -0.1) is 0 Å². The van der Waals surface area contributed by atoms with Gasteiger partial charge >= 0.3 is 12.1 Å². The molecule has 0 aliphatic carbocycles. The molecule has 1 heterocycles. The summed E-state index contributed by atoms with van der Waals surface area (Å²) >= 11 is 0. The van der Waals surface area contributed by atoms with Crippen molar-refractivity contribution in [3.8, 4) is 5.75 Å². The first kappa shape index (κ1) is 22.5. The number of benzene rings is 1. The predicted molar refractivity (Wildman–Crippen MR) is 101 cm³/mol. The molecule has 0 spiro atoms. The standard InChI is InChI=1S/C21H30F3NO3/c1-20(2,3)28-18(26)10-5-15-11-13-25(14-12-15)19(21(22,23)24)16-6-8-17(27-4)9-7-16/h6-9,15,19H,5,10-14H2,1-4H3. The van der Waals surface area contributed by atoms with E-state index in [9.17, 15) is 18.0 Å². The highest BCUT2D eigenvalue weighted by Crippen LogP contribution is 2.40. The smallest absolute Gasteiger partial charge is 0.408 e.